The maximum absolute atomic E-state index is 13.2. The minimum atomic E-state index is -2.74. The van der Waals surface area contributed by atoms with E-state index in [4.69, 9.17) is 9.47 Å². The average molecular weight is 508 g/mol. The van der Waals surface area contributed by atoms with E-state index in [0.717, 1.165) is 0 Å². The lowest BCUT2D eigenvalue weighted by Gasteiger charge is -2.59. The van der Waals surface area contributed by atoms with Crippen LogP contribution in [0, 0.1) is 16.7 Å². The molecule has 7 rings (SSSR count). The van der Waals surface area contributed by atoms with Gasteiger partial charge in [-0.05, 0) is 37.0 Å². The third-order valence-corrected chi connectivity index (χ3v) is 11.0. The first-order valence-corrected chi connectivity index (χ1v) is 12.2. The van der Waals surface area contributed by atoms with Crippen LogP contribution < -0.4 is 0 Å². The number of aliphatic hydroxyl groups is 7. The number of ether oxygens (including phenoxy) is 2. The number of carbonyl (C=O) groups is 1. The Bertz CT molecular complexity index is 1200. The van der Waals surface area contributed by atoms with Crippen molar-refractivity contribution in [1.29, 1.82) is 0 Å². The first-order valence-electron chi connectivity index (χ1n) is 12.2. The molecule has 11 heteroatoms. The van der Waals surface area contributed by atoms with Gasteiger partial charge >= 0.3 is 5.97 Å². The normalized spacial score (nSPS) is 56.3. The van der Waals surface area contributed by atoms with Crippen molar-refractivity contribution in [2.75, 3.05) is 6.61 Å². The molecule has 1 aromatic rings. The molecule has 0 amide bonds. The molecule has 6 aliphatic rings. The van der Waals surface area contributed by atoms with Gasteiger partial charge in [0.1, 0.15) is 34.2 Å². The van der Waals surface area contributed by atoms with Crippen LogP contribution >= 0.6 is 0 Å². The molecular weight excluding hydrogens is 474 g/mol. The van der Waals surface area contributed by atoms with Crippen LogP contribution in [-0.4, -0.2) is 99.3 Å². The Balaban J connectivity index is 1.69. The third kappa shape index (κ3) is 1.76. The monoisotopic (exact) mass is 507 g/mol. The van der Waals surface area contributed by atoms with E-state index in [9.17, 15) is 40.5 Å². The largest absolute Gasteiger partial charge is 0.451 e. The zero-order chi connectivity index (χ0) is 26.5. The van der Waals surface area contributed by atoms with Crippen LogP contribution in [0.1, 0.15) is 51.0 Å². The summed E-state index contributed by atoms with van der Waals surface area (Å²) in [5.74, 6) is -4.11. The van der Waals surface area contributed by atoms with E-state index < -0.39 is 81.7 Å². The molecule has 5 fully saturated rings. The van der Waals surface area contributed by atoms with Crippen molar-refractivity contribution >= 4 is 5.97 Å². The Morgan fingerprint density at radius 2 is 1.89 bits per heavy atom. The lowest BCUT2D eigenvalue weighted by Crippen LogP contribution is -2.74. The van der Waals surface area contributed by atoms with E-state index in [-0.39, 0.29) is 17.7 Å². The molecule has 10 atom stereocenters. The Morgan fingerprint density at radius 3 is 2.44 bits per heavy atom. The predicted octanol–water partition coefficient (Wildman–Crippen LogP) is -1.30. The van der Waals surface area contributed by atoms with Gasteiger partial charge in [0.2, 0.25) is 0 Å². The van der Waals surface area contributed by atoms with E-state index in [0.29, 0.717) is 0 Å². The first-order chi connectivity index (χ1) is 16.6. The van der Waals surface area contributed by atoms with Crippen LogP contribution in [0.5, 0.6) is 0 Å². The number of aromatic nitrogens is 1. The molecule has 1 aromatic heterocycles. The van der Waals surface area contributed by atoms with Crippen molar-refractivity contribution in [2.24, 2.45) is 16.7 Å². The molecule has 11 nitrogen and oxygen atoms in total. The summed E-state index contributed by atoms with van der Waals surface area (Å²) in [6, 6.07) is 3.00. The molecule has 36 heavy (non-hydrogen) atoms. The van der Waals surface area contributed by atoms with Crippen LogP contribution in [0.3, 0.4) is 0 Å². The smallest absolute Gasteiger partial charge is 0.355 e. The summed E-state index contributed by atoms with van der Waals surface area (Å²) in [6.45, 7) is 5.29. The van der Waals surface area contributed by atoms with Crippen molar-refractivity contribution in [3.05, 3.63) is 35.7 Å². The SMILES string of the molecule is CC(C)[C@@]1(O)[C@@H](OC(=O)c2ccc[nH]2)[C@@]2(O)[C@@]3(C)C[C@]4(O)O[C@@]5([C@H](O)C(CO)=CC[C@]35O)[C@@]2(O)[C@]14C. The summed E-state index contributed by atoms with van der Waals surface area (Å²) in [4.78, 5) is 15.9. The molecule has 2 saturated heterocycles. The summed E-state index contributed by atoms with van der Waals surface area (Å²) in [7, 11) is 0. The highest BCUT2D eigenvalue weighted by molar-refractivity contribution is 5.87. The van der Waals surface area contributed by atoms with Gasteiger partial charge in [-0.2, -0.15) is 0 Å². The highest BCUT2D eigenvalue weighted by Gasteiger charge is 3.10. The van der Waals surface area contributed by atoms with Gasteiger partial charge < -0.3 is 50.2 Å². The average Bonchev–Trinajstić information content (AvgIpc) is 3.43. The van der Waals surface area contributed by atoms with Crippen LogP contribution in [-0.2, 0) is 9.47 Å². The van der Waals surface area contributed by atoms with E-state index in [1.165, 1.54) is 32.2 Å². The quantitative estimate of drug-likeness (QED) is 0.179. The van der Waals surface area contributed by atoms with Crippen LogP contribution in [0.4, 0.5) is 0 Å². The molecule has 0 unspecified atom stereocenters. The summed E-state index contributed by atoms with van der Waals surface area (Å²) < 4.78 is 11.9. The Labute approximate surface area is 207 Å². The number of H-pyrrole nitrogens is 1. The van der Waals surface area contributed by atoms with Crippen LogP contribution in [0.15, 0.2) is 30.0 Å². The molecule has 1 spiro atoms. The van der Waals surface area contributed by atoms with Crippen molar-refractivity contribution in [2.45, 2.75) is 86.5 Å². The van der Waals surface area contributed by atoms with Crippen LogP contribution in [0.2, 0.25) is 0 Å². The van der Waals surface area contributed by atoms with Gasteiger partial charge in [-0.25, -0.2) is 4.79 Å². The first kappa shape index (κ1) is 24.5. The standard InChI is InChI=1S/C25H33NO10/c1-12(2)22(32)17(35-16(29)14-6-5-9-26-14)23(33)18(3)11-21(31)19(22,4)25(23,34)24(36-21)15(28)13(10-27)7-8-20(18,24)30/h5-7,9,12,15,17,26-28,30-34H,8,10-11H2,1-4H3/t15-,17-,18+,19+,20+,21+,22-,23-,24-,25-/m1/s1. The molecule has 8 N–H and O–H groups in total. The molecule has 3 saturated carbocycles. The summed E-state index contributed by atoms with van der Waals surface area (Å²) in [6.07, 6.45) is -1.48. The van der Waals surface area contributed by atoms with Gasteiger partial charge in [-0.15, -0.1) is 0 Å². The Morgan fingerprint density at radius 1 is 1.22 bits per heavy atom. The summed E-state index contributed by atoms with van der Waals surface area (Å²) in [5, 5.41) is 83.7. The van der Waals surface area contributed by atoms with Gasteiger partial charge in [0.25, 0.3) is 0 Å². The van der Waals surface area contributed by atoms with E-state index >= 15 is 0 Å². The van der Waals surface area contributed by atoms with E-state index in [2.05, 4.69) is 4.98 Å². The molecule has 198 valence electrons. The predicted molar refractivity (Wildman–Crippen MR) is 120 cm³/mol. The topological polar surface area (TPSA) is 193 Å². The number of aromatic amines is 1. The van der Waals surface area contributed by atoms with Crippen LogP contribution in [0.25, 0.3) is 0 Å². The maximum atomic E-state index is 13.2. The lowest BCUT2D eigenvalue weighted by atomic mass is 9.52. The second-order valence-electron chi connectivity index (χ2n) is 12.0. The summed E-state index contributed by atoms with van der Waals surface area (Å²) >= 11 is 0. The van der Waals surface area contributed by atoms with Gasteiger partial charge in [0.05, 0.1) is 12.0 Å². The zero-order valence-electron chi connectivity index (χ0n) is 20.5. The Hall–Kier alpha value is -1.83. The number of aliphatic hydroxyl groups excluding tert-OH is 2. The lowest BCUT2D eigenvalue weighted by molar-refractivity contribution is -0.380. The van der Waals surface area contributed by atoms with Gasteiger partial charge in [-0.1, -0.05) is 26.8 Å². The number of rotatable bonds is 4. The van der Waals surface area contributed by atoms with Crippen molar-refractivity contribution in [3.8, 4) is 0 Å². The second kappa shape index (κ2) is 6.24. The number of esters is 1. The van der Waals surface area contributed by atoms with Crippen molar-refractivity contribution < 1.29 is 50.0 Å². The second-order valence-corrected chi connectivity index (χ2v) is 12.0. The number of hydrogen-bond donors (Lipinski definition) is 8. The highest BCUT2D eigenvalue weighted by atomic mass is 16.7. The molecule has 0 radical (unpaired) electrons. The number of hydrogen-bond acceptors (Lipinski definition) is 10. The number of nitrogens with one attached hydrogen (secondary N) is 1. The molecule has 4 aliphatic carbocycles. The number of carbonyl (C=O) groups excluding carboxylic acids is 1. The molecule has 6 bridgehead atoms. The minimum absolute atomic E-state index is 0.0214. The van der Waals surface area contributed by atoms with Crippen molar-refractivity contribution in [1.82, 2.24) is 4.98 Å². The highest BCUT2D eigenvalue weighted by Crippen LogP contribution is 2.90. The summed E-state index contributed by atoms with van der Waals surface area (Å²) in [5.41, 5.74) is -16.2. The fourth-order valence-electron chi connectivity index (χ4n) is 9.25. The van der Waals surface area contributed by atoms with E-state index in [1.54, 1.807) is 19.9 Å². The molecular formula is C25H33NO10. The zero-order valence-corrected chi connectivity index (χ0v) is 20.5. The van der Waals surface area contributed by atoms with Gasteiger partial charge in [0.15, 0.2) is 17.5 Å². The third-order valence-electron chi connectivity index (χ3n) is 11.0. The van der Waals surface area contributed by atoms with Crippen molar-refractivity contribution in [3.63, 3.8) is 0 Å². The van der Waals surface area contributed by atoms with Gasteiger partial charge in [0, 0.05) is 18.0 Å². The molecule has 2 aliphatic heterocycles. The van der Waals surface area contributed by atoms with E-state index in [1.807, 2.05) is 0 Å². The van der Waals surface area contributed by atoms with Gasteiger partial charge in [-0.3, -0.25) is 0 Å². The molecule has 3 heterocycles. The molecule has 0 aromatic carbocycles. The fourth-order valence-corrected chi connectivity index (χ4v) is 9.25. The Kier molecular flexibility index (Phi) is 4.25. The minimum Gasteiger partial charge on any atom is -0.451 e. The fraction of sp³-hybridized carbons (Fsp3) is 0.720. The maximum Gasteiger partial charge on any atom is 0.355 e.